The number of nitriles is 1. The van der Waals surface area contributed by atoms with Crippen molar-refractivity contribution in [3.05, 3.63) is 30.3 Å². The molecule has 1 unspecified atom stereocenters. The molecular weight excluding hydrogens is 262 g/mol. The SMILES string of the molecule is N#CC1(NCC2CCCO2)CCN(c2ccccc2)CC1. The molecule has 1 atom stereocenters. The molecule has 3 rings (SSSR count). The number of hydrogen-bond donors (Lipinski definition) is 1. The van der Waals surface area contributed by atoms with Gasteiger partial charge in [0.05, 0.1) is 12.2 Å². The Kier molecular flexibility index (Phi) is 4.42. The minimum atomic E-state index is -0.378. The summed E-state index contributed by atoms with van der Waals surface area (Å²) in [5.74, 6) is 0. The molecule has 4 heteroatoms. The molecule has 0 bridgehead atoms. The average Bonchev–Trinajstić information content (AvgIpc) is 3.08. The third-order valence-electron chi connectivity index (χ3n) is 4.64. The topological polar surface area (TPSA) is 48.3 Å². The maximum atomic E-state index is 9.60. The molecule has 21 heavy (non-hydrogen) atoms. The predicted molar refractivity (Wildman–Crippen MR) is 83.2 cm³/mol. The molecule has 2 aliphatic rings. The Morgan fingerprint density at radius 2 is 2.05 bits per heavy atom. The summed E-state index contributed by atoms with van der Waals surface area (Å²) in [4.78, 5) is 2.36. The van der Waals surface area contributed by atoms with E-state index in [1.807, 2.05) is 6.07 Å². The number of piperidine rings is 1. The van der Waals surface area contributed by atoms with Gasteiger partial charge in [-0.3, -0.25) is 5.32 Å². The van der Waals surface area contributed by atoms with Crippen LogP contribution in [0.4, 0.5) is 5.69 Å². The zero-order valence-corrected chi connectivity index (χ0v) is 12.4. The maximum Gasteiger partial charge on any atom is 0.110 e. The van der Waals surface area contributed by atoms with Crippen LogP contribution in [0.3, 0.4) is 0 Å². The van der Waals surface area contributed by atoms with Crippen LogP contribution in [0.2, 0.25) is 0 Å². The molecule has 0 saturated carbocycles. The third kappa shape index (κ3) is 3.37. The minimum absolute atomic E-state index is 0.294. The van der Waals surface area contributed by atoms with Crippen LogP contribution in [0.1, 0.15) is 25.7 Å². The van der Waals surface area contributed by atoms with E-state index in [-0.39, 0.29) is 5.54 Å². The third-order valence-corrected chi connectivity index (χ3v) is 4.64. The summed E-state index contributed by atoms with van der Waals surface area (Å²) in [6.07, 6.45) is 4.29. The molecule has 2 heterocycles. The van der Waals surface area contributed by atoms with E-state index in [4.69, 9.17) is 4.74 Å². The summed E-state index contributed by atoms with van der Waals surface area (Å²) in [6.45, 7) is 3.53. The zero-order chi connectivity index (χ0) is 14.5. The number of nitrogens with zero attached hydrogens (tertiary/aromatic N) is 2. The van der Waals surface area contributed by atoms with Gasteiger partial charge in [0.2, 0.25) is 0 Å². The van der Waals surface area contributed by atoms with Crippen molar-refractivity contribution in [3.63, 3.8) is 0 Å². The van der Waals surface area contributed by atoms with E-state index >= 15 is 0 Å². The van der Waals surface area contributed by atoms with Gasteiger partial charge in [0.25, 0.3) is 0 Å². The second-order valence-corrected chi connectivity index (χ2v) is 6.03. The fourth-order valence-corrected chi connectivity index (χ4v) is 3.23. The number of hydrogen-bond acceptors (Lipinski definition) is 4. The Morgan fingerprint density at radius 3 is 2.67 bits per heavy atom. The summed E-state index contributed by atoms with van der Waals surface area (Å²) in [5.41, 5.74) is 0.875. The van der Waals surface area contributed by atoms with Crippen molar-refractivity contribution in [3.8, 4) is 6.07 Å². The molecule has 0 amide bonds. The van der Waals surface area contributed by atoms with Crippen LogP contribution in [0.5, 0.6) is 0 Å². The van der Waals surface area contributed by atoms with Gasteiger partial charge in [-0.05, 0) is 37.8 Å². The molecule has 2 aliphatic heterocycles. The number of nitrogens with one attached hydrogen (secondary N) is 1. The minimum Gasteiger partial charge on any atom is -0.377 e. The van der Waals surface area contributed by atoms with Crippen LogP contribution in [0.15, 0.2) is 30.3 Å². The highest BCUT2D eigenvalue weighted by Gasteiger charge is 2.35. The predicted octanol–water partition coefficient (Wildman–Crippen LogP) is 2.32. The number of rotatable bonds is 4. The second-order valence-electron chi connectivity index (χ2n) is 6.03. The smallest absolute Gasteiger partial charge is 0.110 e. The molecular formula is C17H23N3O. The fraction of sp³-hybridized carbons (Fsp3) is 0.588. The van der Waals surface area contributed by atoms with E-state index in [2.05, 4.69) is 40.6 Å². The standard InChI is InChI=1S/C17H23N3O/c18-14-17(19-13-16-7-4-12-21-16)8-10-20(11-9-17)15-5-2-1-3-6-15/h1-3,5-6,16,19H,4,7-13H2. The largest absolute Gasteiger partial charge is 0.377 e. The normalized spacial score (nSPS) is 24.7. The molecule has 1 aromatic carbocycles. The molecule has 0 spiro atoms. The number of ether oxygens (including phenoxy) is 1. The molecule has 0 aliphatic carbocycles. The summed E-state index contributed by atoms with van der Waals surface area (Å²) in [7, 11) is 0. The first-order valence-electron chi connectivity index (χ1n) is 7.89. The number of anilines is 1. The van der Waals surface area contributed by atoms with E-state index < -0.39 is 0 Å². The Labute approximate surface area is 126 Å². The molecule has 1 N–H and O–H groups in total. The molecule has 112 valence electrons. The fourth-order valence-electron chi connectivity index (χ4n) is 3.23. The van der Waals surface area contributed by atoms with Crippen LogP contribution < -0.4 is 10.2 Å². The Hall–Kier alpha value is -1.57. The van der Waals surface area contributed by atoms with Crippen LogP contribution in [0, 0.1) is 11.3 Å². The molecule has 2 fully saturated rings. The first-order chi connectivity index (χ1) is 10.3. The van der Waals surface area contributed by atoms with Crippen LogP contribution in [-0.4, -0.2) is 37.9 Å². The van der Waals surface area contributed by atoms with Crippen molar-refractivity contribution in [2.45, 2.75) is 37.3 Å². The van der Waals surface area contributed by atoms with Gasteiger partial charge in [-0.25, -0.2) is 0 Å². The monoisotopic (exact) mass is 285 g/mol. The first-order valence-corrected chi connectivity index (χ1v) is 7.89. The molecule has 0 radical (unpaired) electrons. The molecule has 1 aromatic rings. The zero-order valence-electron chi connectivity index (χ0n) is 12.4. The summed E-state index contributed by atoms with van der Waals surface area (Å²) in [5, 5.41) is 13.1. The molecule has 0 aromatic heterocycles. The van der Waals surface area contributed by atoms with Gasteiger partial charge in [-0.2, -0.15) is 5.26 Å². The summed E-state index contributed by atoms with van der Waals surface area (Å²) >= 11 is 0. The lowest BCUT2D eigenvalue weighted by atomic mass is 9.88. The second kappa shape index (κ2) is 6.46. The highest BCUT2D eigenvalue weighted by molar-refractivity contribution is 5.46. The van der Waals surface area contributed by atoms with Gasteiger partial charge in [0.15, 0.2) is 0 Å². The van der Waals surface area contributed by atoms with Crippen LogP contribution in [0.25, 0.3) is 0 Å². The Morgan fingerprint density at radius 1 is 1.29 bits per heavy atom. The molecule has 4 nitrogen and oxygen atoms in total. The van der Waals surface area contributed by atoms with E-state index in [0.29, 0.717) is 6.10 Å². The average molecular weight is 285 g/mol. The van der Waals surface area contributed by atoms with Crippen molar-refractivity contribution < 1.29 is 4.74 Å². The highest BCUT2D eigenvalue weighted by Crippen LogP contribution is 2.26. The van der Waals surface area contributed by atoms with Crippen molar-refractivity contribution in [1.82, 2.24) is 5.32 Å². The van der Waals surface area contributed by atoms with Gasteiger partial charge < -0.3 is 9.64 Å². The van der Waals surface area contributed by atoms with Crippen LogP contribution in [-0.2, 0) is 4.74 Å². The van der Waals surface area contributed by atoms with Crippen molar-refractivity contribution >= 4 is 5.69 Å². The van der Waals surface area contributed by atoms with Crippen LogP contribution >= 0.6 is 0 Å². The summed E-state index contributed by atoms with van der Waals surface area (Å²) in [6, 6.07) is 13.0. The van der Waals surface area contributed by atoms with Gasteiger partial charge in [0, 0.05) is 31.9 Å². The van der Waals surface area contributed by atoms with Crippen molar-refractivity contribution in [2.24, 2.45) is 0 Å². The maximum absolute atomic E-state index is 9.60. The number of benzene rings is 1. The lowest BCUT2D eigenvalue weighted by molar-refractivity contribution is 0.102. The van der Waals surface area contributed by atoms with E-state index in [9.17, 15) is 5.26 Å². The first kappa shape index (κ1) is 14.4. The van der Waals surface area contributed by atoms with Crippen molar-refractivity contribution in [2.75, 3.05) is 31.1 Å². The van der Waals surface area contributed by atoms with Gasteiger partial charge >= 0.3 is 0 Å². The molecule has 2 saturated heterocycles. The van der Waals surface area contributed by atoms with Gasteiger partial charge in [-0.15, -0.1) is 0 Å². The van der Waals surface area contributed by atoms with E-state index in [0.717, 1.165) is 51.9 Å². The van der Waals surface area contributed by atoms with Gasteiger partial charge in [0.1, 0.15) is 5.54 Å². The quantitative estimate of drug-likeness (QED) is 0.922. The Bertz CT molecular complexity index is 483. The van der Waals surface area contributed by atoms with E-state index in [1.165, 1.54) is 5.69 Å². The van der Waals surface area contributed by atoms with Gasteiger partial charge in [-0.1, -0.05) is 18.2 Å². The van der Waals surface area contributed by atoms with E-state index in [1.54, 1.807) is 0 Å². The highest BCUT2D eigenvalue weighted by atomic mass is 16.5. The lowest BCUT2D eigenvalue weighted by Gasteiger charge is -2.39. The lowest BCUT2D eigenvalue weighted by Crippen LogP contribution is -2.54. The summed E-state index contributed by atoms with van der Waals surface area (Å²) < 4.78 is 5.64. The Balaban J connectivity index is 1.55. The van der Waals surface area contributed by atoms with Crippen molar-refractivity contribution in [1.29, 1.82) is 5.26 Å². The number of para-hydroxylation sites is 1.